The third kappa shape index (κ3) is 3.48. The third-order valence-electron chi connectivity index (χ3n) is 3.45. The molecule has 0 spiro atoms. The van der Waals surface area contributed by atoms with Crippen LogP contribution in [0.2, 0.25) is 5.02 Å². The molecule has 1 aromatic rings. The van der Waals surface area contributed by atoms with Crippen LogP contribution in [0.4, 0.5) is 0 Å². The van der Waals surface area contributed by atoms with Crippen LogP contribution in [0.15, 0.2) is 23.1 Å². The number of benzene rings is 1. The zero-order chi connectivity index (χ0) is 14.8. The summed E-state index contributed by atoms with van der Waals surface area (Å²) in [6.45, 7) is 6.08. The highest BCUT2D eigenvalue weighted by molar-refractivity contribution is 7.89. The highest BCUT2D eigenvalue weighted by atomic mass is 35.5. The highest BCUT2D eigenvalue weighted by Gasteiger charge is 2.27. The van der Waals surface area contributed by atoms with E-state index in [1.54, 1.807) is 19.2 Å². The van der Waals surface area contributed by atoms with Gasteiger partial charge in [-0.15, -0.1) is 0 Å². The Morgan fingerprint density at radius 3 is 2.37 bits per heavy atom. The predicted molar refractivity (Wildman–Crippen MR) is 78.6 cm³/mol. The first-order valence-electron chi connectivity index (χ1n) is 6.18. The monoisotopic (exact) mass is 304 g/mol. The molecule has 0 aliphatic rings. The van der Waals surface area contributed by atoms with E-state index in [1.807, 2.05) is 20.8 Å². The van der Waals surface area contributed by atoms with E-state index in [0.717, 1.165) is 0 Å². The maximum Gasteiger partial charge on any atom is 0.243 e. The second-order valence-electron chi connectivity index (χ2n) is 4.96. The van der Waals surface area contributed by atoms with Crippen LogP contribution in [0.3, 0.4) is 0 Å². The molecule has 0 amide bonds. The summed E-state index contributed by atoms with van der Waals surface area (Å²) in [6.07, 6.45) is 0. The minimum atomic E-state index is -3.51. The Morgan fingerprint density at radius 2 is 1.89 bits per heavy atom. The molecule has 0 fully saturated rings. The van der Waals surface area contributed by atoms with E-state index in [0.29, 0.717) is 10.6 Å². The fourth-order valence-corrected chi connectivity index (χ4v) is 3.41. The van der Waals surface area contributed by atoms with Crippen molar-refractivity contribution >= 4 is 21.6 Å². The third-order valence-corrected chi connectivity index (χ3v) is 5.76. The lowest BCUT2D eigenvalue weighted by Gasteiger charge is -2.27. The second-order valence-corrected chi connectivity index (χ2v) is 7.37. The van der Waals surface area contributed by atoms with E-state index in [9.17, 15) is 8.42 Å². The molecule has 0 aliphatic carbocycles. The Hall–Kier alpha value is -0.620. The lowest BCUT2D eigenvalue weighted by molar-refractivity contribution is 0.316. The lowest BCUT2D eigenvalue weighted by Crippen LogP contribution is -2.38. The van der Waals surface area contributed by atoms with E-state index in [1.165, 1.54) is 10.4 Å². The molecular weight excluding hydrogens is 284 g/mol. The first-order chi connectivity index (χ1) is 8.71. The van der Waals surface area contributed by atoms with Crippen molar-refractivity contribution in [3.63, 3.8) is 0 Å². The molecule has 1 unspecified atom stereocenters. The summed E-state index contributed by atoms with van der Waals surface area (Å²) in [6, 6.07) is 4.55. The van der Waals surface area contributed by atoms with Crippen molar-refractivity contribution in [2.45, 2.75) is 38.3 Å². The lowest BCUT2D eigenvalue weighted by atomic mass is 10.1. The van der Waals surface area contributed by atoms with Crippen LogP contribution >= 0.6 is 11.6 Å². The molecule has 4 nitrogen and oxygen atoms in total. The minimum absolute atomic E-state index is 0.0815. The van der Waals surface area contributed by atoms with Gasteiger partial charge in [0.25, 0.3) is 0 Å². The summed E-state index contributed by atoms with van der Waals surface area (Å²) in [5.41, 5.74) is 6.19. The number of rotatable bonds is 5. The molecule has 1 atom stereocenters. The summed E-state index contributed by atoms with van der Waals surface area (Å²) < 4.78 is 26.4. The van der Waals surface area contributed by atoms with Crippen molar-refractivity contribution < 1.29 is 8.42 Å². The summed E-state index contributed by atoms with van der Waals surface area (Å²) in [5.74, 6) is 0.237. The molecule has 108 valence electrons. The fraction of sp³-hybridized carbons (Fsp3) is 0.538. The second kappa shape index (κ2) is 6.22. The summed E-state index contributed by atoms with van der Waals surface area (Å²) in [5, 5.41) is 0.487. The molecule has 0 radical (unpaired) electrons. The Balaban J connectivity index is 3.20. The molecule has 2 N–H and O–H groups in total. The molecule has 0 aromatic heterocycles. The molecule has 0 bridgehead atoms. The van der Waals surface area contributed by atoms with Crippen molar-refractivity contribution in [1.29, 1.82) is 0 Å². The summed E-state index contributed by atoms with van der Waals surface area (Å²) >= 11 is 5.95. The van der Waals surface area contributed by atoms with Gasteiger partial charge in [0.05, 0.1) is 4.90 Å². The van der Waals surface area contributed by atoms with Gasteiger partial charge < -0.3 is 5.73 Å². The average Bonchev–Trinajstić information content (AvgIpc) is 2.36. The fourth-order valence-electron chi connectivity index (χ4n) is 1.67. The number of sulfonamides is 1. The number of nitrogens with two attached hydrogens (primary N) is 1. The maximum absolute atomic E-state index is 12.5. The number of hydrogen-bond donors (Lipinski definition) is 1. The first kappa shape index (κ1) is 16.4. The van der Waals surface area contributed by atoms with Gasteiger partial charge in [0.1, 0.15) is 0 Å². The van der Waals surface area contributed by atoms with Crippen LogP contribution in [0.1, 0.15) is 26.3 Å². The molecule has 0 saturated carbocycles. The first-order valence-corrected chi connectivity index (χ1v) is 8.00. The molecule has 6 heteroatoms. The van der Waals surface area contributed by atoms with Crippen molar-refractivity contribution in [3.8, 4) is 0 Å². The van der Waals surface area contributed by atoms with Crippen LogP contribution < -0.4 is 5.73 Å². The van der Waals surface area contributed by atoms with Gasteiger partial charge in [-0.05, 0) is 36.6 Å². The summed E-state index contributed by atoms with van der Waals surface area (Å²) in [7, 11) is -1.92. The molecule has 0 saturated heterocycles. The molecule has 1 aromatic carbocycles. The van der Waals surface area contributed by atoms with Crippen LogP contribution in [-0.4, -0.2) is 25.8 Å². The zero-order valence-electron chi connectivity index (χ0n) is 11.7. The van der Waals surface area contributed by atoms with E-state index in [-0.39, 0.29) is 23.4 Å². The largest absolute Gasteiger partial charge is 0.326 e. The van der Waals surface area contributed by atoms with E-state index >= 15 is 0 Å². The predicted octanol–water partition coefficient (Wildman–Crippen LogP) is 2.46. The molecule has 19 heavy (non-hydrogen) atoms. The summed E-state index contributed by atoms with van der Waals surface area (Å²) in [4.78, 5) is 0.229. The van der Waals surface area contributed by atoms with Gasteiger partial charge in [-0.25, -0.2) is 8.42 Å². The normalized spacial score (nSPS) is 14.1. The highest BCUT2D eigenvalue weighted by Crippen LogP contribution is 2.24. The number of nitrogens with zero attached hydrogens (tertiary/aromatic N) is 1. The van der Waals surface area contributed by atoms with E-state index in [4.69, 9.17) is 17.3 Å². The van der Waals surface area contributed by atoms with Crippen LogP contribution in [0.25, 0.3) is 0 Å². The van der Waals surface area contributed by atoms with Crippen molar-refractivity contribution in [3.05, 3.63) is 28.8 Å². The smallest absolute Gasteiger partial charge is 0.243 e. The van der Waals surface area contributed by atoms with E-state index < -0.39 is 10.0 Å². The van der Waals surface area contributed by atoms with Gasteiger partial charge in [0.2, 0.25) is 10.0 Å². The van der Waals surface area contributed by atoms with Crippen molar-refractivity contribution in [2.75, 3.05) is 7.05 Å². The van der Waals surface area contributed by atoms with Gasteiger partial charge in [-0.3, -0.25) is 0 Å². The molecule has 1 rings (SSSR count). The van der Waals surface area contributed by atoms with Gasteiger partial charge in [0, 0.05) is 24.7 Å². The maximum atomic E-state index is 12.5. The minimum Gasteiger partial charge on any atom is -0.326 e. The van der Waals surface area contributed by atoms with Gasteiger partial charge in [-0.1, -0.05) is 25.4 Å². The standard InChI is InChI=1S/C13H21ClN2O2S/c1-9(2)10(3)16(4)19(17,18)12-5-6-13(14)11(7-12)8-15/h5-7,9-10H,8,15H2,1-4H3. The van der Waals surface area contributed by atoms with Crippen molar-refractivity contribution in [1.82, 2.24) is 4.31 Å². The number of halogens is 1. The van der Waals surface area contributed by atoms with Crippen LogP contribution in [-0.2, 0) is 16.6 Å². The zero-order valence-corrected chi connectivity index (χ0v) is 13.3. The Kier molecular flexibility index (Phi) is 5.38. The van der Waals surface area contributed by atoms with Crippen LogP contribution in [0, 0.1) is 5.92 Å². The Labute approximate surface area is 120 Å². The number of hydrogen-bond acceptors (Lipinski definition) is 3. The van der Waals surface area contributed by atoms with Crippen molar-refractivity contribution in [2.24, 2.45) is 11.7 Å². The molecule has 0 aliphatic heterocycles. The van der Waals surface area contributed by atoms with Crippen LogP contribution in [0.5, 0.6) is 0 Å². The van der Waals surface area contributed by atoms with Gasteiger partial charge in [0.15, 0.2) is 0 Å². The molecule has 0 heterocycles. The van der Waals surface area contributed by atoms with Gasteiger partial charge >= 0.3 is 0 Å². The quantitative estimate of drug-likeness (QED) is 0.909. The Morgan fingerprint density at radius 1 is 1.32 bits per heavy atom. The molecular formula is C13H21ClN2O2S. The van der Waals surface area contributed by atoms with Gasteiger partial charge in [-0.2, -0.15) is 4.31 Å². The average molecular weight is 305 g/mol. The topological polar surface area (TPSA) is 63.4 Å². The van der Waals surface area contributed by atoms with E-state index in [2.05, 4.69) is 0 Å². The Bertz CT molecular complexity index is 544. The SMILES string of the molecule is CC(C)C(C)N(C)S(=O)(=O)c1ccc(Cl)c(CN)c1.